The fourth-order valence-electron chi connectivity index (χ4n) is 5.11. The Kier molecular flexibility index (Phi) is 4.02. The first-order valence-corrected chi connectivity index (χ1v) is 9.15. The van der Waals surface area contributed by atoms with Crippen molar-refractivity contribution in [3.63, 3.8) is 0 Å². The van der Waals surface area contributed by atoms with E-state index in [4.69, 9.17) is 14.2 Å². The van der Waals surface area contributed by atoms with Crippen molar-refractivity contribution in [3.05, 3.63) is 29.3 Å². The van der Waals surface area contributed by atoms with Gasteiger partial charge in [-0.05, 0) is 38.8 Å². The summed E-state index contributed by atoms with van der Waals surface area (Å²) in [6.45, 7) is 6.63. The molecule has 1 saturated carbocycles. The van der Waals surface area contributed by atoms with Crippen LogP contribution in [0, 0.1) is 11.8 Å². The van der Waals surface area contributed by atoms with Crippen LogP contribution in [0.4, 0.5) is 0 Å². The molecule has 1 heterocycles. The van der Waals surface area contributed by atoms with E-state index < -0.39 is 47.5 Å². The van der Waals surface area contributed by atoms with E-state index in [1.165, 1.54) is 6.92 Å². The number of fused-ring (bicyclic) bond motifs is 2. The molecule has 0 spiro atoms. The average molecular weight is 376 g/mol. The van der Waals surface area contributed by atoms with E-state index in [2.05, 4.69) is 0 Å². The van der Waals surface area contributed by atoms with E-state index in [0.717, 1.165) is 0 Å². The maximum absolute atomic E-state index is 13.3. The second kappa shape index (κ2) is 5.85. The highest BCUT2D eigenvalue weighted by Gasteiger charge is 2.64. The summed E-state index contributed by atoms with van der Waals surface area (Å²) >= 11 is 0. The monoisotopic (exact) mass is 376 g/mol. The van der Waals surface area contributed by atoms with Crippen LogP contribution in [0.5, 0.6) is 5.75 Å². The van der Waals surface area contributed by atoms with Gasteiger partial charge in [0.15, 0.2) is 11.6 Å². The molecule has 0 aromatic heterocycles. The molecule has 2 fully saturated rings. The number of aliphatic hydroxyl groups is 2. The summed E-state index contributed by atoms with van der Waals surface area (Å²) in [4.78, 5) is 24.9. The Bertz CT molecular complexity index is 817. The van der Waals surface area contributed by atoms with Crippen LogP contribution >= 0.6 is 0 Å². The molecule has 0 unspecified atom stereocenters. The third kappa shape index (κ3) is 2.64. The summed E-state index contributed by atoms with van der Waals surface area (Å²) in [6, 6.07) is 5.08. The quantitative estimate of drug-likeness (QED) is 0.566. The molecule has 6 atom stereocenters. The highest BCUT2D eigenvalue weighted by molar-refractivity contribution is 6.04. The SMILES string of the molecule is CC(=O)Oc1cccc2c1C(=O)[C@H]1C[C@H](O)[C@H](O)[C@H]3OC(C)(C)O[C@@]2(C)[C@@H]31. The van der Waals surface area contributed by atoms with Crippen LogP contribution in [-0.4, -0.2) is 46.1 Å². The fraction of sp³-hybridized carbons (Fsp3) is 0.600. The number of carbonyl (C=O) groups is 2. The molecule has 1 aliphatic heterocycles. The lowest BCUT2D eigenvalue weighted by Gasteiger charge is -2.59. The molecule has 1 aromatic carbocycles. The standard InChI is InChI=1S/C20H24O7/c1-9(21)25-13-7-5-6-11-14(13)16(23)10-8-12(22)17(24)18-15(10)20(11,4)27-19(2,3)26-18/h5-7,10,12,15,17-18,22,24H,8H2,1-4H3/t10-,12-,15+,17-,18-,20+/m0/s1. The molecule has 0 radical (unpaired) electrons. The number of ketones is 1. The highest BCUT2D eigenvalue weighted by atomic mass is 16.7. The number of rotatable bonds is 1. The van der Waals surface area contributed by atoms with Crippen LogP contribution in [0.1, 0.15) is 50.0 Å². The zero-order valence-electron chi connectivity index (χ0n) is 15.8. The molecule has 0 bridgehead atoms. The molecule has 1 saturated heterocycles. The molecule has 7 heteroatoms. The van der Waals surface area contributed by atoms with Crippen LogP contribution in [0.2, 0.25) is 0 Å². The Morgan fingerprint density at radius 1 is 1.26 bits per heavy atom. The van der Waals surface area contributed by atoms with E-state index in [1.54, 1.807) is 32.0 Å². The van der Waals surface area contributed by atoms with Crippen molar-refractivity contribution in [2.45, 2.75) is 63.8 Å². The Morgan fingerprint density at radius 3 is 2.63 bits per heavy atom. The van der Waals surface area contributed by atoms with Crippen LogP contribution in [0.15, 0.2) is 18.2 Å². The highest BCUT2D eigenvalue weighted by Crippen LogP contribution is 2.57. The first-order valence-electron chi connectivity index (χ1n) is 9.15. The molecule has 2 aliphatic carbocycles. The molecule has 27 heavy (non-hydrogen) atoms. The minimum atomic E-state index is -1.11. The number of ether oxygens (including phenoxy) is 3. The van der Waals surface area contributed by atoms with Crippen molar-refractivity contribution in [3.8, 4) is 5.75 Å². The molecular formula is C20H24O7. The minimum Gasteiger partial charge on any atom is -0.426 e. The second-order valence-electron chi connectivity index (χ2n) is 8.25. The predicted octanol–water partition coefficient (Wildman–Crippen LogP) is 1.53. The summed E-state index contributed by atoms with van der Waals surface area (Å²) in [7, 11) is 0. The third-order valence-corrected chi connectivity index (χ3v) is 5.93. The number of esters is 1. The van der Waals surface area contributed by atoms with Gasteiger partial charge in [0.25, 0.3) is 0 Å². The van der Waals surface area contributed by atoms with E-state index in [-0.39, 0.29) is 18.0 Å². The van der Waals surface area contributed by atoms with Gasteiger partial charge in [-0.3, -0.25) is 9.59 Å². The smallest absolute Gasteiger partial charge is 0.308 e. The molecule has 0 amide bonds. The Morgan fingerprint density at radius 2 is 1.96 bits per heavy atom. The average Bonchev–Trinajstić information content (AvgIpc) is 2.55. The minimum absolute atomic E-state index is 0.0950. The van der Waals surface area contributed by atoms with E-state index in [1.807, 2.05) is 6.92 Å². The lowest BCUT2D eigenvalue weighted by molar-refractivity contribution is -0.386. The molecule has 3 aliphatic rings. The van der Waals surface area contributed by atoms with Gasteiger partial charge >= 0.3 is 5.97 Å². The van der Waals surface area contributed by atoms with Gasteiger partial charge in [0, 0.05) is 18.8 Å². The normalized spacial score (nSPS) is 39.3. The van der Waals surface area contributed by atoms with Gasteiger partial charge in [0.05, 0.1) is 17.8 Å². The first-order chi connectivity index (χ1) is 12.5. The Balaban J connectivity index is 1.95. The number of hydrogen-bond acceptors (Lipinski definition) is 7. The molecule has 4 rings (SSSR count). The second-order valence-corrected chi connectivity index (χ2v) is 8.25. The summed E-state index contributed by atoms with van der Waals surface area (Å²) in [5.74, 6) is -2.67. The van der Waals surface area contributed by atoms with Gasteiger partial charge in [-0.1, -0.05) is 12.1 Å². The lowest BCUT2D eigenvalue weighted by atomic mass is 9.58. The molecule has 146 valence electrons. The summed E-state index contributed by atoms with van der Waals surface area (Å²) in [6.07, 6.45) is -2.85. The van der Waals surface area contributed by atoms with Gasteiger partial charge in [-0.15, -0.1) is 0 Å². The number of carbonyl (C=O) groups excluding carboxylic acids is 2. The topological polar surface area (TPSA) is 102 Å². The van der Waals surface area contributed by atoms with Gasteiger partial charge in [0.2, 0.25) is 0 Å². The maximum atomic E-state index is 13.3. The summed E-state index contributed by atoms with van der Waals surface area (Å²) < 4.78 is 17.5. The van der Waals surface area contributed by atoms with E-state index in [0.29, 0.717) is 11.1 Å². The van der Waals surface area contributed by atoms with Crippen LogP contribution in [0.3, 0.4) is 0 Å². The Hall–Kier alpha value is -1.80. The van der Waals surface area contributed by atoms with Crippen molar-refractivity contribution in [1.82, 2.24) is 0 Å². The van der Waals surface area contributed by atoms with Crippen LogP contribution in [-0.2, 0) is 19.9 Å². The zero-order chi connectivity index (χ0) is 19.7. The third-order valence-electron chi connectivity index (χ3n) is 5.93. The molecular weight excluding hydrogens is 352 g/mol. The van der Waals surface area contributed by atoms with Gasteiger partial charge in [-0.25, -0.2) is 0 Å². The van der Waals surface area contributed by atoms with Gasteiger partial charge in [-0.2, -0.15) is 0 Å². The van der Waals surface area contributed by atoms with E-state index in [9.17, 15) is 19.8 Å². The largest absolute Gasteiger partial charge is 0.426 e. The number of aliphatic hydroxyl groups excluding tert-OH is 2. The maximum Gasteiger partial charge on any atom is 0.308 e. The Labute approximate surface area is 157 Å². The van der Waals surface area contributed by atoms with Gasteiger partial charge < -0.3 is 24.4 Å². The number of Topliss-reactive ketones (excluding diaryl/α,β-unsaturated/α-hetero) is 1. The molecule has 1 aromatic rings. The van der Waals surface area contributed by atoms with Crippen molar-refractivity contribution >= 4 is 11.8 Å². The van der Waals surface area contributed by atoms with Crippen molar-refractivity contribution in [2.24, 2.45) is 11.8 Å². The number of hydrogen-bond donors (Lipinski definition) is 2. The lowest BCUT2D eigenvalue weighted by Crippen LogP contribution is -2.68. The van der Waals surface area contributed by atoms with Crippen LogP contribution in [0.25, 0.3) is 0 Å². The van der Waals surface area contributed by atoms with Crippen LogP contribution < -0.4 is 4.74 Å². The van der Waals surface area contributed by atoms with Crippen molar-refractivity contribution in [2.75, 3.05) is 0 Å². The molecule has 2 N–H and O–H groups in total. The summed E-state index contributed by atoms with van der Waals surface area (Å²) in [5, 5.41) is 20.9. The first kappa shape index (κ1) is 18.6. The summed E-state index contributed by atoms with van der Waals surface area (Å²) in [5.41, 5.74) is -0.0358. The van der Waals surface area contributed by atoms with Crippen molar-refractivity contribution in [1.29, 1.82) is 0 Å². The number of benzene rings is 1. The van der Waals surface area contributed by atoms with Gasteiger partial charge in [0.1, 0.15) is 17.5 Å². The molecule has 7 nitrogen and oxygen atoms in total. The predicted molar refractivity (Wildman–Crippen MR) is 93.1 cm³/mol. The van der Waals surface area contributed by atoms with Crippen molar-refractivity contribution < 1.29 is 34.0 Å². The zero-order valence-corrected chi connectivity index (χ0v) is 15.8. The van der Waals surface area contributed by atoms with E-state index >= 15 is 0 Å². The fourth-order valence-corrected chi connectivity index (χ4v) is 5.11.